The van der Waals surface area contributed by atoms with Gasteiger partial charge in [-0.2, -0.15) is 5.26 Å². The van der Waals surface area contributed by atoms with Crippen molar-refractivity contribution in [1.29, 1.82) is 5.26 Å². The molecule has 9 nitrogen and oxygen atoms in total. The number of nitriles is 1. The molecule has 1 fully saturated rings. The average molecular weight is 512 g/mol. The van der Waals surface area contributed by atoms with Gasteiger partial charge in [-0.15, -0.1) is 0 Å². The molecule has 0 aliphatic carbocycles. The maximum absolute atomic E-state index is 12.7. The Morgan fingerprint density at radius 1 is 1.11 bits per heavy atom. The number of nitrogens with zero attached hydrogens (tertiary/aromatic N) is 7. The fraction of sp³-hybridized carbons (Fsp3) is 0.345. The number of hydrogen-bond acceptors (Lipinski definition) is 7. The lowest BCUT2D eigenvalue weighted by molar-refractivity contribution is -0.150. The minimum absolute atomic E-state index is 0.112. The number of carbonyl (C=O) groups excluding carboxylic acids is 1. The highest BCUT2D eigenvalue weighted by Crippen LogP contribution is 2.37. The minimum Gasteiger partial charge on any atom is -0.381 e. The number of pyridine rings is 1. The molecule has 1 aliphatic rings. The van der Waals surface area contributed by atoms with Crippen LogP contribution in [0.1, 0.15) is 40.2 Å². The van der Waals surface area contributed by atoms with Crippen LogP contribution >= 0.6 is 0 Å². The van der Waals surface area contributed by atoms with E-state index in [2.05, 4.69) is 25.9 Å². The predicted octanol–water partition coefficient (Wildman–Crippen LogP) is 4.19. The maximum atomic E-state index is 12.7. The van der Waals surface area contributed by atoms with Crippen LogP contribution in [-0.4, -0.2) is 66.7 Å². The summed E-state index contributed by atoms with van der Waals surface area (Å²) in [6.45, 7) is 10.6. The van der Waals surface area contributed by atoms with Gasteiger partial charge in [0.1, 0.15) is 23.6 Å². The number of aliphatic hydroxyl groups is 1. The topological polar surface area (TPSA) is 111 Å². The average Bonchev–Trinajstić information content (AvgIpc) is 3.34. The first-order valence-corrected chi connectivity index (χ1v) is 12.8. The van der Waals surface area contributed by atoms with Gasteiger partial charge in [0.2, 0.25) is 0 Å². The van der Waals surface area contributed by atoms with Crippen LogP contribution in [0.4, 0.5) is 5.82 Å². The van der Waals surface area contributed by atoms with Crippen molar-refractivity contribution in [3.8, 4) is 23.0 Å². The summed E-state index contributed by atoms with van der Waals surface area (Å²) in [4.78, 5) is 30.4. The Morgan fingerprint density at radius 3 is 2.50 bits per heavy atom. The summed E-state index contributed by atoms with van der Waals surface area (Å²) in [7, 11) is 0. The van der Waals surface area contributed by atoms with Gasteiger partial charge in [0.05, 0.1) is 17.0 Å². The fourth-order valence-corrected chi connectivity index (χ4v) is 4.72. The molecule has 0 saturated carbocycles. The zero-order valence-corrected chi connectivity index (χ0v) is 22.5. The molecule has 196 valence electrons. The van der Waals surface area contributed by atoms with Gasteiger partial charge in [0.15, 0.2) is 5.65 Å². The number of amides is 1. The molecule has 1 amide bonds. The zero-order chi connectivity index (χ0) is 27.4. The van der Waals surface area contributed by atoms with Crippen molar-refractivity contribution >= 4 is 22.8 Å². The summed E-state index contributed by atoms with van der Waals surface area (Å²) in [5.41, 5.74) is 1.75. The van der Waals surface area contributed by atoms with Gasteiger partial charge in [0, 0.05) is 43.6 Å². The predicted molar refractivity (Wildman–Crippen MR) is 148 cm³/mol. The van der Waals surface area contributed by atoms with Crippen molar-refractivity contribution in [2.45, 2.75) is 46.3 Å². The number of aromatic nitrogens is 4. The van der Waals surface area contributed by atoms with Gasteiger partial charge in [-0.1, -0.05) is 44.2 Å². The monoisotopic (exact) mass is 511 g/mol. The van der Waals surface area contributed by atoms with E-state index in [0.717, 1.165) is 22.3 Å². The van der Waals surface area contributed by atoms with Crippen molar-refractivity contribution in [3.05, 3.63) is 66.7 Å². The lowest BCUT2D eigenvalue weighted by Gasteiger charge is -2.42. The highest BCUT2D eigenvalue weighted by Gasteiger charge is 2.36. The Hall–Kier alpha value is -4.29. The van der Waals surface area contributed by atoms with Crippen LogP contribution < -0.4 is 4.90 Å². The molecule has 0 spiro atoms. The number of rotatable bonds is 4. The van der Waals surface area contributed by atoms with Gasteiger partial charge in [-0.25, -0.2) is 15.0 Å². The fourth-order valence-electron chi connectivity index (χ4n) is 4.72. The summed E-state index contributed by atoms with van der Waals surface area (Å²) in [6.07, 6.45) is 5.14. The van der Waals surface area contributed by atoms with Crippen LogP contribution in [-0.2, 0) is 4.79 Å². The third kappa shape index (κ3) is 5.08. The van der Waals surface area contributed by atoms with Crippen LogP contribution in [0.5, 0.6) is 0 Å². The first-order valence-electron chi connectivity index (χ1n) is 12.8. The second kappa shape index (κ2) is 11.0. The van der Waals surface area contributed by atoms with E-state index in [9.17, 15) is 15.2 Å². The first kappa shape index (κ1) is 26.8. The van der Waals surface area contributed by atoms with E-state index in [1.54, 1.807) is 23.2 Å². The highest BCUT2D eigenvalue weighted by atomic mass is 16.3. The van der Waals surface area contributed by atoms with Gasteiger partial charge >= 0.3 is 0 Å². The summed E-state index contributed by atoms with van der Waals surface area (Å²) in [6, 6.07) is 15.5. The molecule has 1 aromatic carbocycles. The van der Waals surface area contributed by atoms with Crippen molar-refractivity contribution in [2.75, 3.05) is 24.5 Å². The maximum Gasteiger partial charge on any atom is 0.254 e. The second-order valence-electron chi connectivity index (χ2n) is 9.54. The Bertz CT molecular complexity index is 1470. The van der Waals surface area contributed by atoms with Gasteiger partial charge in [-0.3, -0.25) is 9.36 Å². The van der Waals surface area contributed by atoms with Crippen LogP contribution in [0.3, 0.4) is 0 Å². The number of anilines is 1. The van der Waals surface area contributed by atoms with Gasteiger partial charge < -0.3 is 14.9 Å². The Labute approximate surface area is 223 Å². The van der Waals surface area contributed by atoms with Gasteiger partial charge in [0.25, 0.3) is 5.91 Å². The summed E-state index contributed by atoms with van der Waals surface area (Å²) < 4.78 is 1.89. The second-order valence-corrected chi connectivity index (χ2v) is 9.54. The van der Waals surface area contributed by atoms with Crippen molar-refractivity contribution < 1.29 is 9.90 Å². The summed E-state index contributed by atoms with van der Waals surface area (Å²) in [5, 5.41) is 20.5. The quantitative estimate of drug-likeness (QED) is 0.437. The summed E-state index contributed by atoms with van der Waals surface area (Å²) >= 11 is 0. The molecule has 1 aliphatic heterocycles. The molecule has 38 heavy (non-hydrogen) atoms. The standard InChI is InChI=1S/C27H27N7O2.C2H6/c1-18-15-32(11-12-33(18)26(35)27(2,3)36)24-23-21(20-7-5-4-6-8-20)16-34(25(23)31-17-30-24)22-13-19(14-28)9-10-29-22;1-2/h4-10,13,16-18,36H,11-12,15H2,1-3H3;1-2H3. The normalized spacial score (nSPS) is 15.6. The number of hydrogen-bond donors (Lipinski definition) is 1. The van der Waals surface area contributed by atoms with E-state index in [-0.39, 0.29) is 11.9 Å². The van der Waals surface area contributed by atoms with Crippen molar-refractivity contribution in [2.24, 2.45) is 0 Å². The highest BCUT2D eigenvalue weighted by molar-refractivity contribution is 6.02. The zero-order valence-electron chi connectivity index (χ0n) is 22.5. The number of benzene rings is 1. The molecular weight excluding hydrogens is 478 g/mol. The molecule has 4 heterocycles. The number of carbonyl (C=O) groups is 1. The lowest BCUT2D eigenvalue weighted by atomic mass is 10.0. The Morgan fingerprint density at radius 2 is 1.84 bits per heavy atom. The van der Waals surface area contributed by atoms with E-state index in [1.807, 2.05) is 61.9 Å². The minimum atomic E-state index is -1.42. The van der Waals surface area contributed by atoms with E-state index in [4.69, 9.17) is 0 Å². The molecule has 9 heteroatoms. The van der Waals surface area contributed by atoms with E-state index < -0.39 is 5.60 Å². The Balaban J connectivity index is 0.00000164. The van der Waals surface area contributed by atoms with E-state index in [0.29, 0.717) is 36.7 Å². The SMILES string of the molecule is CC.CC1CN(c2ncnc3c2c(-c2ccccc2)cn3-c2cc(C#N)ccn2)CCN1C(=O)C(C)(C)O. The van der Waals surface area contributed by atoms with Crippen molar-refractivity contribution in [3.63, 3.8) is 0 Å². The van der Waals surface area contributed by atoms with Crippen LogP contribution in [0.15, 0.2) is 61.2 Å². The molecule has 0 bridgehead atoms. The molecule has 3 aromatic heterocycles. The summed E-state index contributed by atoms with van der Waals surface area (Å²) in [5.74, 6) is 1.10. The van der Waals surface area contributed by atoms with Crippen LogP contribution in [0.25, 0.3) is 28.0 Å². The molecule has 5 rings (SSSR count). The molecule has 1 saturated heterocycles. The number of fused-ring (bicyclic) bond motifs is 1. The smallest absolute Gasteiger partial charge is 0.254 e. The van der Waals surface area contributed by atoms with Crippen LogP contribution in [0.2, 0.25) is 0 Å². The molecular formula is C29H33N7O2. The number of piperazine rings is 1. The van der Waals surface area contributed by atoms with E-state index in [1.165, 1.54) is 20.2 Å². The molecule has 0 radical (unpaired) electrons. The molecule has 1 unspecified atom stereocenters. The molecule has 1 atom stereocenters. The largest absolute Gasteiger partial charge is 0.381 e. The van der Waals surface area contributed by atoms with Crippen molar-refractivity contribution in [1.82, 2.24) is 24.4 Å². The molecule has 1 N–H and O–H groups in total. The third-order valence-corrected chi connectivity index (χ3v) is 6.48. The third-order valence-electron chi connectivity index (χ3n) is 6.48. The Kier molecular flexibility index (Phi) is 7.74. The lowest BCUT2D eigenvalue weighted by Crippen LogP contribution is -2.58. The molecule has 4 aromatic rings. The van der Waals surface area contributed by atoms with Crippen LogP contribution in [0, 0.1) is 11.3 Å². The first-order chi connectivity index (χ1) is 18.3. The van der Waals surface area contributed by atoms with E-state index >= 15 is 0 Å². The van der Waals surface area contributed by atoms with Gasteiger partial charge in [-0.05, 0) is 38.5 Å².